The topological polar surface area (TPSA) is 92.5 Å². The molecule has 0 aliphatic rings. The molecule has 0 saturated heterocycles. The predicted octanol–water partition coefficient (Wildman–Crippen LogP) is 2.65. The first-order chi connectivity index (χ1) is 8.49. The minimum atomic E-state index is -0.808. The summed E-state index contributed by atoms with van der Waals surface area (Å²) in [4.78, 5) is 20.5. The molecule has 0 amide bonds. The maximum Gasteiger partial charge on any atom is 0.303 e. The molecule has 0 saturated carbocycles. The Morgan fingerprint density at radius 2 is 2.28 bits per heavy atom. The molecule has 1 aromatic carbocycles. The van der Waals surface area contributed by atoms with Gasteiger partial charge in [0, 0.05) is 30.3 Å². The van der Waals surface area contributed by atoms with Crippen molar-refractivity contribution in [2.24, 2.45) is 0 Å². The van der Waals surface area contributed by atoms with E-state index in [4.69, 9.17) is 5.11 Å². The number of hydrogen-bond acceptors (Lipinski definition) is 4. The van der Waals surface area contributed by atoms with Crippen LogP contribution in [-0.4, -0.2) is 22.0 Å². The summed E-state index contributed by atoms with van der Waals surface area (Å²) >= 11 is 0. The third-order valence-electron chi connectivity index (χ3n) is 2.50. The molecule has 0 fully saturated rings. The standard InChI is InChI=1S/C12H16N2O4/c1-9(4-2-7-12(15)16)13-10-5-3-6-11(8-10)14(17)18/h3,5-6,8-9,13H,2,4,7H2,1H3,(H,15,16). The van der Waals surface area contributed by atoms with Gasteiger partial charge in [-0.2, -0.15) is 0 Å². The fraction of sp³-hybridized carbons (Fsp3) is 0.417. The van der Waals surface area contributed by atoms with Crippen molar-refractivity contribution in [3.05, 3.63) is 34.4 Å². The highest BCUT2D eigenvalue weighted by atomic mass is 16.6. The van der Waals surface area contributed by atoms with E-state index in [2.05, 4.69) is 5.32 Å². The van der Waals surface area contributed by atoms with E-state index in [1.807, 2.05) is 6.92 Å². The summed E-state index contributed by atoms with van der Waals surface area (Å²) < 4.78 is 0. The van der Waals surface area contributed by atoms with Gasteiger partial charge in [-0.25, -0.2) is 0 Å². The normalized spacial score (nSPS) is 11.8. The van der Waals surface area contributed by atoms with Gasteiger partial charge < -0.3 is 10.4 Å². The molecule has 6 heteroatoms. The number of carboxylic acid groups (broad SMARTS) is 1. The van der Waals surface area contributed by atoms with Gasteiger partial charge in [-0.15, -0.1) is 0 Å². The van der Waals surface area contributed by atoms with E-state index in [-0.39, 0.29) is 18.2 Å². The van der Waals surface area contributed by atoms with Crippen molar-refractivity contribution in [1.29, 1.82) is 0 Å². The highest BCUT2D eigenvalue weighted by Gasteiger charge is 2.08. The number of non-ortho nitro benzene ring substituents is 1. The van der Waals surface area contributed by atoms with Gasteiger partial charge in [-0.3, -0.25) is 14.9 Å². The van der Waals surface area contributed by atoms with Crippen LogP contribution in [0.4, 0.5) is 11.4 Å². The summed E-state index contributed by atoms with van der Waals surface area (Å²) in [6.45, 7) is 1.92. The fourth-order valence-electron chi connectivity index (χ4n) is 1.63. The molecule has 2 N–H and O–H groups in total. The van der Waals surface area contributed by atoms with Crippen molar-refractivity contribution >= 4 is 17.3 Å². The van der Waals surface area contributed by atoms with Crippen molar-refractivity contribution in [2.45, 2.75) is 32.2 Å². The molecule has 0 aromatic heterocycles. The number of carbonyl (C=O) groups is 1. The Kier molecular flexibility index (Phi) is 5.10. The van der Waals surface area contributed by atoms with Crippen molar-refractivity contribution in [3.63, 3.8) is 0 Å². The van der Waals surface area contributed by atoms with Gasteiger partial charge in [0.05, 0.1) is 4.92 Å². The molecule has 0 aliphatic carbocycles. The Morgan fingerprint density at radius 3 is 2.89 bits per heavy atom. The number of hydrogen-bond donors (Lipinski definition) is 2. The first-order valence-corrected chi connectivity index (χ1v) is 5.72. The Hall–Kier alpha value is -2.11. The summed E-state index contributed by atoms with van der Waals surface area (Å²) in [6, 6.07) is 6.34. The molecule has 0 radical (unpaired) electrons. The second-order valence-corrected chi connectivity index (χ2v) is 4.14. The molecule has 0 aliphatic heterocycles. The molecule has 1 atom stereocenters. The van der Waals surface area contributed by atoms with Crippen LogP contribution in [0.1, 0.15) is 26.2 Å². The van der Waals surface area contributed by atoms with E-state index >= 15 is 0 Å². The second-order valence-electron chi connectivity index (χ2n) is 4.14. The first-order valence-electron chi connectivity index (χ1n) is 5.72. The van der Waals surface area contributed by atoms with Gasteiger partial charge in [-0.05, 0) is 25.8 Å². The Labute approximate surface area is 105 Å². The molecule has 0 spiro atoms. The van der Waals surface area contributed by atoms with E-state index in [1.54, 1.807) is 12.1 Å². The Bertz CT molecular complexity index is 434. The molecule has 1 rings (SSSR count). The average Bonchev–Trinajstić information content (AvgIpc) is 2.28. The van der Waals surface area contributed by atoms with Crippen LogP contribution in [0.15, 0.2) is 24.3 Å². The molecule has 0 bridgehead atoms. The number of nitro benzene ring substituents is 1. The monoisotopic (exact) mass is 252 g/mol. The lowest BCUT2D eigenvalue weighted by Gasteiger charge is -2.14. The number of nitrogens with one attached hydrogen (secondary N) is 1. The smallest absolute Gasteiger partial charge is 0.303 e. The van der Waals surface area contributed by atoms with E-state index < -0.39 is 10.9 Å². The van der Waals surface area contributed by atoms with Crippen LogP contribution in [0.25, 0.3) is 0 Å². The Balaban J connectivity index is 2.48. The lowest BCUT2D eigenvalue weighted by Crippen LogP contribution is -2.15. The van der Waals surface area contributed by atoms with Gasteiger partial charge in [0.25, 0.3) is 5.69 Å². The Morgan fingerprint density at radius 1 is 1.56 bits per heavy atom. The number of rotatable bonds is 7. The van der Waals surface area contributed by atoms with E-state index in [0.717, 1.165) is 0 Å². The molecule has 18 heavy (non-hydrogen) atoms. The maximum absolute atomic E-state index is 10.6. The van der Waals surface area contributed by atoms with Crippen molar-refractivity contribution in [2.75, 3.05) is 5.32 Å². The zero-order valence-corrected chi connectivity index (χ0v) is 10.1. The molecule has 1 aromatic rings. The molecule has 0 heterocycles. The van der Waals surface area contributed by atoms with Gasteiger partial charge in [0.2, 0.25) is 0 Å². The highest BCUT2D eigenvalue weighted by Crippen LogP contribution is 2.18. The van der Waals surface area contributed by atoms with E-state index in [0.29, 0.717) is 18.5 Å². The zero-order valence-electron chi connectivity index (χ0n) is 10.1. The SMILES string of the molecule is CC(CCCC(=O)O)Nc1cccc([N+](=O)[O-])c1. The number of carboxylic acids is 1. The minimum absolute atomic E-state index is 0.0396. The highest BCUT2D eigenvalue weighted by molar-refractivity contribution is 5.66. The summed E-state index contributed by atoms with van der Waals surface area (Å²) in [5, 5.41) is 22.2. The largest absolute Gasteiger partial charge is 0.481 e. The van der Waals surface area contributed by atoms with E-state index in [9.17, 15) is 14.9 Å². The van der Waals surface area contributed by atoms with Crippen LogP contribution < -0.4 is 5.32 Å². The third-order valence-corrected chi connectivity index (χ3v) is 2.50. The molecular formula is C12H16N2O4. The minimum Gasteiger partial charge on any atom is -0.481 e. The number of anilines is 1. The number of benzene rings is 1. The van der Waals surface area contributed by atoms with Crippen molar-refractivity contribution in [1.82, 2.24) is 0 Å². The summed E-state index contributed by atoms with van der Waals surface area (Å²) in [6.07, 6.45) is 1.42. The number of nitrogens with zero attached hydrogens (tertiary/aromatic N) is 1. The molecule has 6 nitrogen and oxygen atoms in total. The number of nitro groups is 1. The third kappa shape index (κ3) is 4.82. The molecule has 98 valence electrons. The average molecular weight is 252 g/mol. The molecular weight excluding hydrogens is 236 g/mol. The van der Waals surface area contributed by atoms with Crippen LogP contribution in [0.3, 0.4) is 0 Å². The fourth-order valence-corrected chi connectivity index (χ4v) is 1.63. The van der Waals surface area contributed by atoms with Gasteiger partial charge in [0.1, 0.15) is 0 Å². The first kappa shape index (κ1) is 14.0. The summed E-state index contributed by atoms with van der Waals surface area (Å²) in [5.41, 5.74) is 0.713. The maximum atomic E-state index is 10.6. The lowest BCUT2D eigenvalue weighted by molar-refractivity contribution is -0.384. The van der Waals surface area contributed by atoms with Gasteiger partial charge >= 0.3 is 5.97 Å². The van der Waals surface area contributed by atoms with Crippen LogP contribution in [0.5, 0.6) is 0 Å². The van der Waals surface area contributed by atoms with Crippen LogP contribution in [0, 0.1) is 10.1 Å². The quantitative estimate of drug-likeness (QED) is 0.574. The van der Waals surface area contributed by atoms with Gasteiger partial charge in [0.15, 0.2) is 0 Å². The second kappa shape index (κ2) is 6.58. The predicted molar refractivity (Wildman–Crippen MR) is 67.7 cm³/mol. The lowest BCUT2D eigenvalue weighted by atomic mass is 10.1. The molecule has 1 unspecified atom stereocenters. The zero-order chi connectivity index (χ0) is 13.5. The van der Waals surface area contributed by atoms with Crippen molar-refractivity contribution in [3.8, 4) is 0 Å². The van der Waals surface area contributed by atoms with Crippen LogP contribution in [0.2, 0.25) is 0 Å². The van der Waals surface area contributed by atoms with E-state index in [1.165, 1.54) is 12.1 Å². The van der Waals surface area contributed by atoms with Crippen molar-refractivity contribution < 1.29 is 14.8 Å². The number of aliphatic carboxylic acids is 1. The van der Waals surface area contributed by atoms with Gasteiger partial charge in [-0.1, -0.05) is 6.07 Å². The van der Waals surface area contributed by atoms with Crippen LogP contribution in [-0.2, 0) is 4.79 Å². The van der Waals surface area contributed by atoms with Crippen LogP contribution >= 0.6 is 0 Å². The summed E-state index contributed by atoms with van der Waals surface area (Å²) in [7, 11) is 0. The summed E-state index contributed by atoms with van der Waals surface area (Å²) in [5.74, 6) is -0.808.